The fourth-order valence-electron chi connectivity index (χ4n) is 1.81. The first-order chi connectivity index (χ1) is 7.04. The van der Waals surface area contributed by atoms with Crippen LogP contribution in [-0.2, 0) is 11.8 Å². The molecule has 0 spiro atoms. The van der Waals surface area contributed by atoms with Gasteiger partial charge in [-0.1, -0.05) is 52.0 Å². The molecule has 1 nitrogen and oxygen atoms in total. The van der Waals surface area contributed by atoms with E-state index in [0.717, 1.165) is 6.42 Å². The van der Waals surface area contributed by atoms with Gasteiger partial charge < -0.3 is 5.73 Å². The molecule has 1 rings (SSSR count). The molecular weight excluding hydrogens is 182 g/mol. The first-order valence-electron chi connectivity index (χ1n) is 5.84. The molecule has 0 aliphatic heterocycles. The standard InChI is InChI=1S/C14H23N/c1-5-12-6-8-13(9-7-12)14(4,10-15)11(2)3/h6-9,11H,5,10,15H2,1-4H3. The average molecular weight is 205 g/mol. The zero-order valence-electron chi connectivity index (χ0n) is 10.4. The molecule has 15 heavy (non-hydrogen) atoms. The molecular formula is C14H23N. The summed E-state index contributed by atoms with van der Waals surface area (Å²) < 4.78 is 0. The average Bonchev–Trinajstić information content (AvgIpc) is 2.28. The smallest absolute Gasteiger partial charge is 0.00702 e. The zero-order valence-corrected chi connectivity index (χ0v) is 10.4. The zero-order chi connectivity index (χ0) is 11.5. The number of hydrogen-bond donors (Lipinski definition) is 1. The molecule has 1 aromatic rings. The quantitative estimate of drug-likeness (QED) is 0.803. The molecule has 0 radical (unpaired) electrons. The topological polar surface area (TPSA) is 26.0 Å². The van der Waals surface area contributed by atoms with Crippen LogP contribution in [0.4, 0.5) is 0 Å². The van der Waals surface area contributed by atoms with E-state index in [1.807, 2.05) is 0 Å². The van der Waals surface area contributed by atoms with Crippen LogP contribution in [0.2, 0.25) is 0 Å². The molecule has 0 heterocycles. The van der Waals surface area contributed by atoms with E-state index in [4.69, 9.17) is 5.73 Å². The number of hydrogen-bond acceptors (Lipinski definition) is 1. The highest BCUT2D eigenvalue weighted by Gasteiger charge is 2.28. The Kier molecular flexibility index (Phi) is 3.92. The molecule has 1 aromatic carbocycles. The Morgan fingerprint density at radius 3 is 2.07 bits per heavy atom. The lowest BCUT2D eigenvalue weighted by Gasteiger charge is -2.33. The minimum atomic E-state index is 0.103. The molecule has 0 aromatic heterocycles. The summed E-state index contributed by atoms with van der Waals surface area (Å²) in [6.07, 6.45) is 1.10. The highest BCUT2D eigenvalue weighted by molar-refractivity contribution is 5.29. The Balaban J connectivity index is 3.03. The van der Waals surface area contributed by atoms with Crippen LogP contribution in [0.15, 0.2) is 24.3 Å². The van der Waals surface area contributed by atoms with Crippen molar-refractivity contribution < 1.29 is 0 Å². The molecule has 0 saturated carbocycles. The first-order valence-corrected chi connectivity index (χ1v) is 5.84. The van der Waals surface area contributed by atoms with E-state index in [0.29, 0.717) is 12.5 Å². The van der Waals surface area contributed by atoms with Crippen molar-refractivity contribution in [2.45, 2.75) is 39.5 Å². The Morgan fingerprint density at radius 1 is 1.20 bits per heavy atom. The van der Waals surface area contributed by atoms with E-state index < -0.39 is 0 Å². The largest absolute Gasteiger partial charge is 0.330 e. The second-order valence-electron chi connectivity index (χ2n) is 4.83. The van der Waals surface area contributed by atoms with Crippen molar-refractivity contribution in [1.29, 1.82) is 0 Å². The van der Waals surface area contributed by atoms with Crippen molar-refractivity contribution in [1.82, 2.24) is 0 Å². The van der Waals surface area contributed by atoms with Gasteiger partial charge in [0.25, 0.3) is 0 Å². The van der Waals surface area contributed by atoms with Gasteiger partial charge in [-0.05, 0) is 23.5 Å². The highest BCUT2D eigenvalue weighted by Crippen LogP contribution is 2.30. The van der Waals surface area contributed by atoms with Crippen molar-refractivity contribution >= 4 is 0 Å². The Hall–Kier alpha value is -0.820. The molecule has 2 N–H and O–H groups in total. The lowest BCUT2D eigenvalue weighted by molar-refractivity contribution is 0.347. The van der Waals surface area contributed by atoms with Gasteiger partial charge in [0.2, 0.25) is 0 Å². The maximum atomic E-state index is 5.91. The van der Waals surface area contributed by atoms with E-state index in [1.165, 1.54) is 11.1 Å². The predicted molar refractivity (Wildman–Crippen MR) is 67.1 cm³/mol. The molecule has 0 aliphatic rings. The van der Waals surface area contributed by atoms with Crippen molar-refractivity contribution in [2.75, 3.05) is 6.54 Å². The Morgan fingerprint density at radius 2 is 1.73 bits per heavy atom. The van der Waals surface area contributed by atoms with E-state index in [-0.39, 0.29) is 5.41 Å². The van der Waals surface area contributed by atoms with E-state index >= 15 is 0 Å². The normalized spacial score (nSPS) is 15.3. The van der Waals surface area contributed by atoms with Gasteiger partial charge in [0.1, 0.15) is 0 Å². The number of rotatable bonds is 4. The fraction of sp³-hybridized carbons (Fsp3) is 0.571. The van der Waals surface area contributed by atoms with E-state index in [9.17, 15) is 0 Å². The molecule has 0 amide bonds. The molecule has 0 bridgehead atoms. The first kappa shape index (κ1) is 12.3. The lowest BCUT2D eigenvalue weighted by atomic mass is 9.73. The van der Waals surface area contributed by atoms with E-state index in [1.54, 1.807) is 0 Å². The lowest BCUT2D eigenvalue weighted by Crippen LogP contribution is -2.37. The van der Waals surface area contributed by atoms with Crippen LogP contribution >= 0.6 is 0 Å². The van der Waals surface area contributed by atoms with Crippen LogP contribution in [-0.4, -0.2) is 6.54 Å². The van der Waals surface area contributed by atoms with Crippen LogP contribution in [0.1, 0.15) is 38.8 Å². The second-order valence-corrected chi connectivity index (χ2v) is 4.83. The summed E-state index contributed by atoms with van der Waals surface area (Å²) in [5.74, 6) is 0.565. The monoisotopic (exact) mass is 205 g/mol. The molecule has 0 saturated heterocycles. The summed E-state index contributed by atoms with van der Waals surface area (Å²) >= 11 is 0. The summed E-state index contributed by atoms with van der Waals surface area (Å²) in [5.41, 5.74) is 8.76. The highest BCUT2D eigenvalue weighted by atomic mass is 14.6. The van der Waals surface area contributed by atoms with Gasteiger partial charge in [-0.25, -0.2) is 0 Å². The van der Waals surface area contributed by atoms with Crippen LogP contribution in [0.25, 0.3) is 0 Å². The third-order valence-corrected chi connectivity index (χ3v) is 3.72. The number of aryl methyl sites for hydroxylation is 1. The molecule has 1 heteroatoms. The summed E-state index contributed by atoms with van der Waals surface area (Å²) in [6, 6.07) is 8.88. The molecule has 84 valence electrons. The summed E-state index contributed by atoms with van der Waals surface area (Å²) in [4.78, 5) is 0. The van der Waals surface area contributed by atoms with Crippen LogP contribution < -0.4 is 5.73 Å². The maximum Gasteiger partial charge on any atom is 0.00702 e. The van der Waals surface area contributed by atoms with E-state index in [2.05, 4.69) is 52.0 Å². The SMILES string of the molecule is CCc1ccc(C(C)(CN)C(C)C)cc1. The predicted octanol–water partition coefficient (Wildman–Crippen LogP) is 3.12. The number of nitrogens with two attached hydrogens (primary N) is 1. The Bertz CT molecular complexity index is 300. The van der Waals surface area contributed by atoms with Gasteiger partial charge in [-0.2, -0.15) is 0 Å². The van der Waals surface area contributed by atoms with Gasteiger partial charge >= 0.3 is 0 Å². The van der Waals surface area contributed by atoms with Gasteiger partial charge in [-0.3, -0.25) is 0 Å². The third kappa shape index (κ3) is 2.40. The van der Waals surface area contributed by atoms with Gasteiger partial charge in [0, 0.05) is 12.0 Å². The summed E-state index contributed by atoms with van der Waals surface area (Å²) in [7, 11) is 0. The Labute approximate surface area is 93.7 Å². The van der Waals surface area contributed by atoms with Crippen LogP contribution in [0.5, 0.6) is 0 Å². The minimum Gasteiger partial charge on any atom is -0.330 e. The molecule has 1 unspecified atom stereocenters. The number of benzene rings is 1. The van der Waals surface area contributed by atoms with Crippen molar-refractivity contribution in [2.24, 2.45) is 11.7 Å². The third-order valence-electron chi connectivity index (χ3n) is 3.72. The van der Waals surface area contributed by atoms with Crippen molar-refractivity contribution in [3.63, 3.8) is 0 Å². The van der Waals surface area contributed by atoms with Crippen molar-refractivity contribution in [3.8, 4) is 0 Å². The molecule has 0 fully saturated rings. The summed E-state index contributed by atoms with van der Waals surface area (Å²) in [5, 5.41) is 0. The minimum absolute atomic E-state index is 0.103. The van der Waals surface area contributed by atoms with Crippen LogP contribution in [0, 0.1) is 5.92 Å². The summed E-state index contributed by atoms with van der Waals surface area (Å²) in [6.45, 7) is 9.61. The maximum absolute atomic E-state index is 5.91. The second kappa shape index (κ2) is 4.80. The van der Waals surface area contributed by atoms with Crippen LogP contribution in [0.3, 0.4) is 0 Å². The van der Waals surface area contributed by atoms with Gasteiger partial charge in [0.15, 0.2) is 0 Å². The molecule has 1 atom stereocenters. The fourth-order valence-corrected chi connectivity index (χ4v) is 1.81. The van der Waals surface area contributed by atoms with Gasteiger partial charge in [0.05, 0.1) is 0 Å². The van der Waals surface area contributed by atoms with Gasteiger partial charge in [-0.15, -0.1) is 0 Å². The van der Waals surface area contributed by atoms with Crippen molar-refractivity contribution in [3.05, 3.63) is 35.4 Å². The molecule has 0 aliphatic carbocycles.